The van der Waals surface area contributed by atoms with Gasteiger partial charge in [0.15, 0.2) is 5.60 Å². The van der Waals surface area contributed by atoms with E-state index in [0.29, 0.717) is 57.4 Å². The Kier molecular flexibility index (Phi) is 17.5. The van der Waals surface area contributed by atoms with E-state index in [4.69, 9.17) is 15.5 Å². The van der Waals surface area contributed by atoms with Crippen molar-refractivity contribution in [3.05, 3.63) is 110 Å². The molecule has 9 N–H and O–H groups in total. The van der Waals surface area contributed by atoms with Crippen molar-refractivity contribution in [3.63, 3.8) is 0 Å². The summed E-state index contributed by atoms with van der Waals surface area (Å²) in [6, 6.07) is 7.73. The number of benzene rings is 2. The number of fused-ring (bicyclic) bond motifs is 5. The molecule has 4 aliphatic rings. The average Bonchev–Trinajstić information content (AvgIpc) is 2.47. The van der Waals surface area contributed by atoms with Crippen LogP contribution in [0.25, 0.3) is 22.3 Å². The molecule has 5 heterocycles. The van der Waals surface area contributed by atoms with Crippen molar-refractivity contribution in [1.29, 1.82) is 0 Å². The fourth-order valence-corrected chi connectivity index (χ4v) is 10.6. The third-order valence-electron chi connectivity index (χ3n) is 14.7. The largest absolute Gasteiger partial charge is 0.481 e. The molecule has 0 unspecified atom stereocenters. The van der Waals surface area contributed by atoms with Crippen molar-refractivity contribution < 1.29 is 72.1 Å². The number of pyridine rings is 2. The van der Waals surface area contributed by atoms with E-state index < -0.39 is 126 Å². The van der Waals surface area contributed by atoms with Crippen LogP contribution in [0, 0.1) is 12.7 Å². The lowest BCUT2D eigenvalue weighted by Crippen LogP contribution is -2.54. The first-order valence-corrected chi connectivity index (χ1v) is 26.2. The zero-order chi connectivity index (χ0) is 58.4. The van der Waals surface area contributed by atoms with Gasteiger partial charge in [0.25, 0.3) is 17.4 Å². The lowest BCUT2D eigenvalue weighted by atomic mass is 9.81. The van der Waals surface area contributed by atoms with Crippen molar-refractivity contribution in [2.45, 2.75) is 109 Å². The summed E-state index contributed by atoms with van der Waals surface area (Å²) in [5, 5.41) is 33.8. The first-order valence-electron chi connectivity index (χ1n) is 26.2. The van der Waals surface area contributed by atoms with Gasteiger partial charge < -0.3 is 56.7 Å². The summed E-state index contributed by atoms with van der Waals surface area (Å²) in [4.78, 5) is 161. The predicted molar refractivity (Wildman–Crippen MR) is 281 cm³/mol. The molecule has 8 rings (SSSR count). The Hall–Kier alpha value is -9.20. The van der Waals surface area contributed by atoms with E-state index in [2.05, 4.69) is 26.6 Å². The second-order valence-electron chi connectivity index (χ2n) is 20.1. The third-order valence-corrected chi connectivity index (χ3v) is 14.7. The van der Waals surface area contributed by atoms with Gasteiger partial charge in [-0.1, -0.05) is 37.3 Å². The molecule has 2 aromatic heterocycles. The van der Waals surface area contributed by atoms with Gasteiger partial charge in [-0.2, -0.15) is 0 Å². The average molecular weight is 1120 g/mol. The number of esters is 1. The molecule has 0 fully saturated rings. The maximum Gasteiger partial charge on any atom is 0.343 e. The number of aliphatic hydroxyl groups is 1. The molecule has 0 radical (unpaired) electrons. The van der Waals surface area contributed by atoms with E-state index in [1.54, 1.807) is 50.2 Å². The van der Waals surface area contributed by atoms with Crippen molar-refractivity contribution >= 4 is 76.0 Å². The smallest absolute Gasteiger partial charge is 0.343 e. The number of primary amides is 1. The van der Waals surface area contributed by atoms with Crippen LogP contribution >= 0.6 is 0 Å². The minimum Gasteiger partial charge on any atom is -0.481 e. The Morgan fingerprint density at radius 1 is 0.889 bits per heavy atom. The molecular formula is C55H59FN10O15. The van der Waals surface area contributed by atoms with Crippen LogP contribution in [0.5, 0.6) is 0 Å². The number of hydrogen-bond acceptors (Lipinski definition) is 15. The molecule has 26 heteroatoms. The second-order valence-corrected chi connectivity index (χ2v) is 20.1. The molecule has 9 amide bonds. The molecule has 4 atom stereocenters. The number of carboxylic acid groups (broad SMARTS) is 1. The number of carboxylic acids is 1. The van der Waals surface area contributed by atoms with Crippen molar-refractivity contribution in [3.8, 4) is 11.4 Å². The first kappa shape index (κ1) is 58.0. The lowest BCUT2D eigenvalue weighted by Gasteiger charge is -2.31. The number of hydrogen-bond donors (Lipinski definition) is 8. The number of halogens is 1. The third kappa shape index (κ3) is 12.6. The van der Waals surface area contributed by atoms with Crippen molar-refractivity contribution in [2.75, 3.05) is 32.7 Å². The zero-order valence-corrected chi connectivity index (χ0v) is 44.2. The van der Waals surface area contributed by atoms with Gasteiger partial charge in [-0.3, -0.25) is 57.6 Å². The highest BCUT2D eigenvalue weighted by atomic mass is 19.1. The topological polar surface area (TPSA) is 365 Å². The Labute approximate surface area is 460 Å². The van der Waals surface area contributed by atoms with Crippen LogP contribution in [0.4, 0.5) is 4.39 Å². The van der Waals surface area contributed by atoms with Crippen LogP contribution < -0.4 is 37.9 Å². The van der Waals surface area contributed by atoms with Crippen molar-refractivity contribution in [2.24, 2.45) is 5.73 Å². The summed E-state index contributed by atoms with van der Waals surface area (Å²) >= 11 is 0. The van der Waals surface area contributed by atoms with E-state index >= 15 is 4.39 Å². The number of imide groups is 1. The molecule has 1 aliphatic carbocycles. The van der Waals surface area contributed by atoms with E-state index in [0.717, 1.165) is 22.0 Å². The molecule has 4 aromatic rings. The summed E-state index contributed by atoms with van der Waals surface area (Å²) in [7, 11) is 0. The number of rotatable bonds is 24. The number of nitrogens with one attached hydrogen (secondary N) is 5. The van der Waals surface area contributed by atoms with Gasteiger partial charge in [-0.15, -0.1) is 0 Å². The predicted octanol–water partition coefficient (Wildman–Crippen LogP) is -0.651. The molecule has 0 saturated carbocycles. The van der Waals surface area contributed by atoms with Gasteiger partial charge >= 0.3 is 11.9 Å². The van der Waals surface area contributed by atoms with Crippen molar-refractivity contribution in [1.82, 2.24) is 45.9 Å². The lowest BCUT2D eigenvalue weighted by molar-refractivity contribution is -0.172. The Morgan fingerprint density at radius 3 is 2.27 bits per heavy atom. The fraction of sp³-hybridized carbons (Fsp3) is 0.400. The number of aromatic nitrogens is 2. The SMILES string of the molecule is CC[C@@]1(O)C(=O)OCc2c1cc1n(c2=O)Cc2c-1nc1cc(F)c(C)c3c1c2[C@@H](NC(=O)CCCN(CC(N)=O)C(=O)[C@H](Cc1ccccc1)NC(=O)CNC(=O)CNC(=O)[C@H](CC(=O)O)NC(=O)CCCN1C(=O)C=CC1=O)CC3. The minimum atomic E-state index is -2.09. The summed E-state index contributed by atoms with van der Waals surface area (Å²) in [5.41, 5.74) is 7.05. The molecule has 0 spiro atoms. The summed E-state index contributed by atoms with van der Waals surface area (Å²) in [6.07, 6.45) is 1.40. The van der Waals surface area contributed by atoms with E-state index in [-0.39, 0.29) is 81.4 Å². The van der Waals surface area contributed by atoms with E-state index in [1.165, 1.54) is 10.6 Å². The van der Waals surface area contributed by atoms with E-state index in [9.17, 15) is 67.7 Å². The Morgan fingerprint density at radius 2 is 1.58 bits per heavy atom. The van der Waals surface area contributed by atoms with Crippen LogP contribution in [0.15, 0.2) is 59.4 Å². The number of nitrogens with zero attached hydrogens (tertiary/aromatic N) is 4. The minimum absolute atomic E-state index is 0.00162. The number of ether oxygens (including phenoxy) is 1. The molecule has 81 heavy (non-hydrogen) atoms. The molecule has 0 saturated heterocycles. The van der Waals surface area contributed by atoms with Gasteiger partial charge in [0.1, 0.15) is 24.5 Å². The quantitative estimate of drug-likeness (QED) is 0.0281. The fourth-order valence-electron chi connectivity index (χ4n) is 10.6. The highest BCUT2D eigenvalue weighted by Crippen LogP contribution is 2.46. The van der Waals surface area contributed by atoms with Crippen LogP contribution in [0.2, 0.25) is 0 Å². The second kappa shape index (κ2) is 24.4. The first-order chi connectivity index (χ1) is 38.6. The van der Waals surface area contributed by atoms with Gasteiger partial charge in [0.05, 0.1) is 61.1 Å². The number of nitrogens with two attached hydrogens (primary N) is 1. The maximum atomic E-state index is 15.5. The summed E-state index contributed by atoms with van der Waals surface area (Å²) in [5.74, 6) is -9.63. The Bertz CT molecular complexity index is 3380. The number of amides is 9. The summed E-state index contributed by atoms with van der Waals surface area (Å²) in [6.45, 7) is 0.549. The van der Waals surface area contributed by atoms with Gasteiger partial charge in [-0.25, -0.2) is 14.2 Å². The maximum absolute atomic E-state index is 15.5. The number of carbonyl (C=O) groups is 11. The molecule has 25 nitrogen and oxygen atoms in total. The van der Waals surface area contributed by atoms with Crippen LogP contribution in [0.3, 0.4) is 0 Å². The number of cyclic esters (lactones) is 1. The highest BCUT2D eigenvalue weighted by Gasteiger charge is 2.46. The molecule has 426 valence electrons. The van der Waals surface area contributed by atoms with Gasteiger partial charge in [0, 0.05) is 67.1 Å². The molecular weight excluding hydrogens is 1060 g/mol. The normalized spacial score (nSPS) is 17.3. The number of aryl methyl sites for hydroxylation is 1. The zero-order valence-electron chi connectivity index (χ0n) is 44.2. The number of carbonyl (C=O) groups excluding carboxylic acids is 10. The van der Waals surface area contributed by atoms with Gasteiger partial charge in [0.2, 0.25) is 41.4 Å². The molecule has 2 aromatic carbocycles. The van der Waals surface area contributed by atoms with Gasteiger partial charge in [-0.05, 0) is 67.3 Å². The molecule has 0 bridgehead atoms. The van der Waals surface area contributed by atoms with Crippen LogP contribution in [-0.4, -0.2) is 139 Å². The monoisotopic (exact) mass is 1120 g/mol. The van der Waals surface area contributed by atoms with E-state index in [1.807, 2.05) is 0 Å². The number of aliphatic carboxylic acids is 1. The molecule has 3 aliphatic heterocycles. The van der Waals surface area contributed by atoms with Crippen LogP contribution in [-0.2, 0) is 89.1 Å². The standard InChI is InChI=1S/C55H59FN10O15/c1-3-55(80)33-20-39-50-31(25-66(39)52(77)32(33)27-81-54(55)79)49-35(14-13-30-28(2)34(56)21-36(63-50)48(30)49)60-41(68)11-7-17-64(26-40(57)67)53(78)38(19-29-9-5-4-6-10-29)62-44(71)24-58-43(70)23-59-51(76)37(22-47(74)75)61-42(69)12-8-18-65-45(72)15-16-46(65)73/h4-6,9-10,15-16,20-21,35,37-38,80H,3,7-8,11-14,17-19,22-27H2,1-2H3,(H2,57,67)(H,58,70)(H,59,76)(H,60,68)(H,61,69)(H,62,71)(H,74,75)/t35-,37-,38-,55-/m0/s1. The Balaban J connectivity index is 0.901. The van der Waals surface area contributed by atoms with Crippen LogP contribution in [0.1, 0.15) is 96.9 Å². The summed E-state index contributed by atoms with van der Waals surface area (Å²) < 4.78 is 22.2. The highest BCUT2D eigenvalue weighted by molar-refractivity contribution is 6.13.